The van der Waals surface area contributed by atoms with Gasteiger partial charge in [-0.1, -0.05) is 38.0 Å². The number of carbonyl (C=O) groups excluding carboxylic acids is 2. The fraction of sp³-hybridized carbons (Fsp3) is 0.680. The number of rotatable bonds is 6. The highest BCUT2D eigenvalue weighted by Gasteiger charge is 2.48. The zero-order valence-corrected chi connectivity index (χ0v) is 19.9. The van der Waals surface area contributed by atoms with Crippen LogP contribution in [0.1, 0.15) is 56.6 Å². The van der Waals surface area contributed by atoms with Gasteiger partial charge in [0.2, 0.25) is 5.91 Å². The first-order valence-corrected chi connectivity index (χ1v) is 12.1. The number of nitrogens with zero attached hydrogens (tertiary/aromatic N) is 2. The Kier molecular flexibility index (Phi) is 8.64. The maximum Gasteiger partial charge on any atom is 0.251 e. The van der Waals surface area contributed by atoms with Crippen molar-refractivity contribution in [2.75, 3.05) is 18.0 Å². The lowest BCUT2D eigenvalue weighted by molar-refractivity contribution is -0.167. The molecule has 1 heterocycles. The molecule has 0 bridgehead atoms. The van der Waals surface area contributed by atoms with Crippen molar-refractivity contribution in [1.29, 1.82) is 0 Å². The third-order valence-corrected chi connectivity index (χ3v) is 7.12. The first-order valence-electron chi connectivity index (χ1n) is 12.1. The first kappa shape index (κ1) is 25.8. The van der Waals surface area contributed by atoms with E-state index in [0.717, 1.165) is 49.9 Å². The molecule has 1 aromatic rings. The van der Waals surface area contributed by atoms with Gasteiger partial charge in [-0.25, -0.2) is 4.90 Å². The van der Waals surface area contributed by atoms with E-state index in [2.05, 4.69) is 11.8 Å². The average molecular weight is 463 g/mol. The summed E-state index contributed by atoms with van der Waals surface area (Å²) in [5.74, 6) is -2.21. The molecule has 1 aliphatic carbocycles. The van der Waals surface area contributed by atoms with Crippen LogP contribution in [-0.4, -0.2) is 80.7 Å². The summed E-state index contributed by atoms with van der Waals surface area (Å²) < 4.78 is 0. The van der Waals surface area contributed by atoms with Crippen molar-refractivity contribution in [3.8, 4) is 0 Å². The quantitative estimate of drug-likeness (QED) is 0.470. The van der Waals surface area contributed by atoms with Crippen LogP contribution in [0.4, 0.5) is 5.69 Å². The number of likely N-dealkylation sites (tertiary alicyclic amines) is 1. The molecule has 2 amide bonds. The monoisotopic (exact) mass is 462 g/mol. The highest BCUT2D eigenvalue weighted by atomic mass is 16.4. The second-order valence-corrected chi connectivity index (χ2v) is 9.53. The number of imide groups is 1. The molecule has 8 nitrogen and oxygen atoms in total. The lowest BCUT2D eigenvalue weighted by atomic mass is 9.79. The molecule has 4 N–H and O–H groups in total. The number of carbonyl (C=O) groups is 2. The van der Waals surface area contributed by atoms with Gasteiger partial charge in [0.25, 0.3) is 5.91 Å². The summed E-state index contributed by atoms with van der Waals surface area (Å²) >= 11 is 0. The zero-order chi connectivity index (χ0) is 24.3. The summed E-state index contributed by atoms with van der Waals surface area (Å²) in [5, 5.41) is 40.9. The first-order chi connectivity index (χ1) is 15.7. The maximum atomic E-state index is 14.0. The molecule has 2 fully saturated rings. The number of benzene rings is 1. The van der Waals surface area contributed by atoms with Gasteiger partial charge in [0.15, 0.2) is 0 Å². The van der Waals surface area contributed by atoms with Crippen LogP contribution in [-0.2, 0) is 9.59 Å². The van der Waals surface area contributed by atoms with Crippen LogP contribution in [0.3, 0.4) is 0 Å². The van der Waals surface area contributed by atoms with Gasteiger partial charge in [0, 0.05) is 0 Å². The van der Waals surface area contributed by atoms with Crippen molar-refractivity contribution in [3.05, 3.63) is 29.3 Å². The maximum absolute atomic E-state index is 14.0. The Morgan fingerprint density at radius 2 is 1.67 bits per heavy atom. The van der Waals surface area contributed by atoms with Gasteiger partial charge in [-0.2, -0.15) is 0 Å². The van der Waals surface area contributed by atoms with Crippen LogP contribution in [0, 0.1) is 19.8 Å². The van der Waals surface area contributed by atoms with Gasteiger partial charge in [-0.15, -0.1) is 0 Å². The molecular weight excluding hydrogens is 424 g/mol. The zero-order valence-electron chi connectivity index (χ0n) is 19.9. The molecule has 1 aromatic carbocycles. The van der Waals surface area contributed by atoms with Crippen LogP contribution >= 0.6 is 0 Å². The number of amides is 2. The largest absolute Gasteiger partial charge is 0.390 e. The summed E-state index contributed by atoms with van der Waals surface area (Å²) in [5.41, 5.74) is 1.98. The van der Waals surface area contributed by atoms with Crippen LogP contribution < -0.4 is 4.90 Å². The SMILES string of the molecule is CCCCN1CCCCC1C(=O)N(C(=O)[C@H]1C[C@@H](O)[C@H](O)[C@@H](O)[C@@H]1O)c1c(C)cccc1C. The van der Waals surface area contributed by atoms with E-state index in [1.807, 2.05) is 32.0 Å². The number of hydrogen-bond donors (Lipinski definition) is 4. The Hall–Kier alpha value is -1.84. The number of piperidine rings is 1. The second kappa shape index (κ2) is 11.1. The molecule has 1 aliphatic heterocycles. The molecule has 3 rings (SSSR count). The predicted octanol–water partition coefficient (Wildman–Crippen LogP) is 1.28. The highest BCUT2D eigenvalue weighted by Crippen LogP contribution is 2.34. The van der Waals surface area contributed by atoms with E-state index in [0.29, 0.717) is 12.1 Å². The van der Waals surface area contributed by atoms with E-state index in [1.54, 1.807) is 0 Å². The van der Waals surface area contributed by atoms with Crippen LogP contribution in [0.5, 0.6) is 0 Å². The topological polar surface area (TPSA) is 122 Å². The number of aryl methyl sites for hydroxylation is 2. The van der Waals surface area contributed by atoms with Gasteiger partial charge in [-0.3, -0.25) is 14.5 Å². The summed E-state index contributed by atoms with van der Waals surface area (Å²) in [4.78, 5) is 31.2. The third kappa shape index (κ3) is 5.30. The standard InChI is InChI=1S/C25H38N2O6/c1-4-5-12-26-13-7-6-11-18(26)25(33)27(20-15(2)9-8-10-16(20)3)24(32)17-14-19(28)22(30)23(31)21(17)29/h8-10,17-19,21-23,28-31H,4-7,11-14H2,1-3H3/t17-,18?,19+,21+,22-,23-/m0/s1. The van der Waals surface area contributed by atoms with Crippen molar-refractivity contribution in [2.45, 2.75) is 89.8 Å². The molecule has 2 aliphatic rings. The Labute approximate surface area is 195 Å². The molecule has 184 valence electrons. The average Bonchev–Trinajstić information content (AvgIpc) is 2.80. The fourth-order valence-corrected chi connectivity index (χ4v) is 5.16. The van der Waals surface area contributed by atoms with Crippen molar-refractivity contribution >= 4 is 17.5 Å². The van der Waals surface area contributed by atoms with E-state index in [-0.39, 0.29) is 12.3 Å². The Morgan fingerprint density at radius 1 is 1.00 bits per heavy atom. The summed E-state index contributed by atoms with van der Waals surface area (Å²) in [6.07, 6.45) is -1.91. The predicted molar refractivity (Wildman–Crippen MR) is 125 cm³/mol. The molecule has 6 atom stereocenters. The minimum absolute atomic E-state index is 0.239. The fourth-order valence-electron chi connectivity index (χ4n) is 5.16. The van der Waals surface area contributed by atoms with Crippen molar-refractivity contribution < 1.29 is 30.0 Å². The van der Waals surface area contributed by atoms with Gasteiger partial charge in [0.05, 0.1) is 29.9 Å². The Bertz CT molecular complexity index is 826. The molecule has 1 saturated carbocycles. The van der Waals surface area contributed by atoms with E-state index in [9.17, 15) is 30.0 Å². The van der Waals surface area contributed by atoms with Gasteiger partial charge in [0.1, 0.15) is 12.2 Å². The van der Waals surface area contributed by atoms with E-state index in [4.69, 9.17) is 0 Å². The molecular formula is C25H38N2O6. The minimum Gasteiger partial charge on any atom is -0.390 e. The molecule has 1 unspecified atom stereocenters. The summed E-state index contributed by atoms with van der Waals surface area (Å²) in [6, 6.07) is 5.07. The Morgan fingerprint density at radius 3 is 2.30 bits per heavy atom. The third-order valence-electron chi connectivity index (χ3n) is 7.12. The summed E-state index contributed by atoms with van der Waals surface area (Å²) in [6.45, 7) is 7.33. The molecule has 0 spiro atoms. The van der Waals surface area contributed by atoms with Crippen LogP contribution in [0.25, 0.3) is 0 Å². The normalized spacial score (nSPS) is 30.8. The molecule has 0 aromatic heterocycles. The molecule has 1 saturated heterocycles. The van der Waals surface area contributed by atoms with E-state index in [1.165, 1.54) is 4.90 Å². The van der Waals surface area contributed by atoms with Gasteiger partial charge < -0.3 is 20.4 Å². The van der Waals surface area contributed by atoms with Crippen molar-refractivity contribution in [3.63, 3.8) is 0 Å². The highest BCUT2D eigenvalue weighted by molar-refractivity contribution is 6.18. The number of anilines is 1. The van der Waals surface area contributed by atoms with Crippen LogP contribution in [0.15, 0.2) is 18.2 Å². The molecule has 33 heavy (non-hydrogen) atoms. The van der Waals surface area contributed by atoms with Crippen LogP contribution in [0.2, 0.25) is 0 Å². The van der Waals surface area contributed by atoms with Crippen molar-refractivity contribution in [2.24, 2.45) is 5.92 Å². The number of unbranched alkanes of at least 4 members (excludes halogenated alkanes) is 1. The van der Waals surface area contributed by atoms with E-state index < -0.39 is 42.3 Å². The van der Waals surface area contributed by atoms with Crippen molar-refractivity contribution in [1.82, 2.24) is 4.90 Å². The molecule has 8 heteroatoms. The summed E-state index contributed by atoms with van der Waals surface area (Å²) in [7, 11) is 0. The second-order valence-electron chi connectivity index (χ2n) is 9.53. The minimum atomic E-state index is -1.67. The smallest absolute Gasteiger partial charge is 0.251 e. The molecule has 0 radical (unpaired) electrons. The lowest BCUT2D eigenvalue weighted by Gasteiger charge is -2.41. The van der Waals surface area contributed by atoms with Gasteiger partial charge >= 0.3 is 0 Å². The number of hydrogen-bond acceptors (Lipinski definition) is 7. The van der Waals surface area contributed by atoms with Gasteiger partial charge in [-0.05, 0) is 63.7 Å². The number of aliphatic hydroxyl groups is 4. The Balaban J connectivity index is 2.01. The van der Waals surface area contributed by atoms with E-state index >= 15 is 0 Å². The lowest BCUT2D eigenvalue weighted by Crippen LogP contribution is -2.60. The number of aliphatic hydroxyl groups excluding tert-OH is 4. The number of para-hydroxylation sites is 1.